The highest BCUT2D eigenvalue weighted by molar-refractivity contribution is 6.35. The van der Waals surface area contributed by atoms with Gasteiger partial charge in [0.05, 0.1) is 5.02 Å². The molecule has 0 aromatic carbocycles. The smallest absolute Gasteiger partial charge is 0.232 e. The number of hydrogen-bond donors (Lipinski definition) is 1. The summed E-state index contributed by atoms with van der Waals surface area (Å²) in [5, 5.41) is 0.950. The molecular formula is C9H10Cl2N2O. The van der Waals surface area contributed by atoms with Gasteiger partial charge in [0.25, 0.3) is 0 Å². The Balaban J connectivity index is 2.02. The maximum absolute atomic E-state index is 5.89. The van der Waals surface area contributed by atoms with Crippen LogP contribution >= 0.6 is 23.2 Å². The molecule has 2 rings (SSSR count). The standard InChI is InChI=1S/C9H10Cl2N2O/c10-5-1-8(11)9(13-4-5)14-7-2-6(12)3-7/h1,4,6-7H,2-3,12H2. The molecule has 3 nitrogen and oxygen atoms in total. The summed E-state index contributed by atoms with van der Waals surface area (Å²) in [6.45, 7) is 0. The van der Waals surface area contributed by atoms with Crippen LogP contribution in [0.25, 0.3) is 0 Å². The average Bonchev–Trinajstić information content (AvgIpc) is 2.06. The van der Waals surface area contributed by atoms with E-state index >= 15 is 0 Å². The molecule has 0 radical (unpaired) electrons. The molecule has 2 N–H and O–H groups in total. The maximum atomic E-state index is 5.89. The predicted octanol–water partition coefficient (Wildman–Crippen LogP) is 2.26. The highest BCUT2D eigenvalue weighted by Gasteiger charge is 2.28. The summed E-state index contributed by atoms with van der Waals surface area (Å²) in [6, 6.07) is 1.87. The lowest BCUT2D eigenvalue weighted by Gasteiger charge is -2.32. The van der Waals surface area contributed by atoms with Crippen molar-refractivity contribution in [2.45, 2.75) is 25.0 Å². The Morgan fingerprint density at radius 3 is 2.71 bits per heavy atom. The van der Waals surface area contributed by atoms with E-state index in [0.717, 1.165) is 12.8 Å². The normalized spacial score (nSPS) is 25.6. The Labute approximate surface area is 92.2 Å². The molecule has 1 fully saturated rings. The Kier molecular flexibility index (Phi) is 2.81. The van der Waals surface area contributed by atoms with Crippen LogP contribution in [0.1, 0.15) is 12.8 Å². The van der Waals surface area contributed by atoms with E-state index in [9.17, 15) is 0 Å². The van der Waals surface area contributed by atoms with Crippen LogP contribution in [0.3, 0.4) is 0 Å². The van der Waals surface area contributed by atoms with Gasteiger partial charge in [0.1, 0.15) is 11.1 Å². The number of nitrogens with two attached hydrogens (primary N) is 1. The first-order chi connectivity index (χ1) is 6.65. The number of hydrogen-bond acceptors (Lipinski definition) is 3. The van der Waals surface area contributed by atoms with E-state index in [0.29, 0.717) is 15.9 Å². The predicted molar refractivity (Wildman–Crippen MR) is 55.9 cm³/mol. The van der Waals surface area contributed by atoms with Gasteiger partial charge in [-0.3, -0.25) is 0 Å². The Hall–Kier alpha value is -0.510. The highest BCUT2D eigenvalue weighted by Crippen LogP contribution is 2.29. The minimum absolute atomic E-state index is 0.149. The van der Waals surface area contributed by atoms with Gasteiger partial charge in [-0.2, -0.15) is 0 Å². The van der Waals surface area contributed by atoms with Crippen molar-refractivity contribution >= 4 is 23.2 Å². The van der Waals surface area contributed by atoms with Crippen LogP contribution in [0.4, 0.5) is 0 Å². The highest BCUT2D eigenvalue weighted by atomic mass is 35.5. The minimum Gasteiger partial charge on any atom is -0.473 e. The third kappa shape index (κ3) is 2.11. The molecule has 1 aromatic rings. The SMILES string of the molecule is NC1CC(Oc2ncc(Cl)cc2Cl)C1. The summed E-state index contributed by atoms with van der Waals surface area (Å²) in [5.41, 5.74) is 5.63. The molecule has 5 heteroatoms. The molecular weight excluding hydrogens is 223 g/mol. The van der Waals surface area contributed by atoms with Gasteiger partial charge in [0.2, 0.25) is 5.88 Å². The number of pyridine rings is 1. The molecule has 76 valence electrons. The van der Waals surface area contributed by atoms with E-state index in [1.807, 2.05) is 0 Å². The molecule has 1 aliphatic carbocycles. The van der Waals surface area contributed by atoms with E-state index in [1.54, 1.807) is 6.07 Å². The summed E-state index contributed by atoms with van der Waals surface area (Å²) in [7, 11) is 0. The molecule has 1 aromatic heterocycles. The zero-order valence-electron chi connectivity index (χ0n) is 7.41. The minimum atomic E-state index is 0.149. The molecule has 0 saturated heterocycles. The Bertz CT molecular complexity index is 340. The Morgan fingerprint density at radius 2 is 2.14 bits per heavy atom. The van der Waals surface area contributed by atoms with Gasteiger partial charge in [0.15, 0.2) is 0 Å². The van der Waals surface area contributed by atoms with Crippen LogP contribution < -0.4 is 10.5 Å². The second-order valence-corrected chi connectivity index (χ2v) is 4.26. The van der Waals surface area contributed by atoms with Crippen molar-refractivity contribution in [1.29, 1.82) is 0 Å². The fraction of sp³-hybridized carbons (Fsp3) is 0.444. The van der Waals surface area contributed by atoms with Crippen LogP contribution in [0.15, 0.2) is 12.3 Å². The summed E-state index contributed by atoms with van der Waals surface area (Å²) in [4.78, 5) is 4.00. The summed E-state index contributed by atoms with van der Waals surface area (Å²) >= 11 is 11.6. The van der Waals surface area contributed by atoms with Crippen LogP contribution in [0, 0.1) is 0 Å². The van der Waals surface area contributed by atoms with Crippen LogP contribution in [0.5, 0.6) is 5.88 Å². The number of nitrogens with zero attached hydrogens (tertiary/aromatic N) is 1. The summed E-state index contributed by atoms with van der Waals surface area (Å²) in [6.07, 6.45) is 3.39. The lowest BCUT2D eigenvalue weighted by atomic mass is 9.90. The molecule has 0 amide bonds. The molecule has 0 atom stereocenters. The number of aromatic nitrogens is 1. The van der Waals surface area contributed by atoms with Gasteiger partial charge in [0, 0.05) is 12.2 Å². The van der Waals surface area contributed by atoms with E-state index in [1.165, 1.54) is 6.20 Å². The van der Waals surface area contributed by atoms with E-state index in [2.05, 4.69) is 4.98 Å². The van der Waals surface area contributed by atoms with E-state index in [4.69, 9.17) is 33.7 Å². The summed E-state index contributed by atoms with van der Waals surface area (Å²) in [5.74, 6) is 0.438. The third-order valence-electron chi connectivity index (χ3n) is 2.18. The number of rotatable bonds is 2. The van der Waals surface area contributed by atoms with Crippen molar-refractivity contribution in [3.05, 3.63) is 22.3 Å². The number of halogens is 2. The van der Waals surface area contributed by atoms with Gasteiger partial charge in [-0.05, 0) is 18.9 Å². The molecule has 0 spiro atoms. The van der Waals surface area contributed by atoms with Crippen molar-refractivity contribution in [3.8, 4) is 5.88 Å². The van der Waals surface area contributed by atoms with E-state index in [-0.39, 0.29) is 12.1 Å². The Morgan fingerprint density at radius 1 is 1.43 bits per heavy atom. The molecule has 14 heavy (non-hydrogen) atoms. The van der Waals surface area contributed by atoms with Crippen molar-refractivity contribution in [2.75, 3.05) is 0 Å². The van der Waals surface area contributed by atoms with Gasteiger partial charge in [-0.1, -0.05) is 23.2 Å². The maximum Gasteiger partial charge on any atom is 0.232 e. The fourth-order valence-electron chi connectivity index (χ4n) is 1.35. The van der Waals surface area contributed by atoms with Crippen molar-refractivity contribution in [1.82, 2.24) is 4.98 Å². The van der Waals surface area contributed by atoms with Gasteiger partial charge in [-0.25, -0.2) is 4.98 Å². The lowest BCUT2D eigenvalue weighted by molar-refractivity contribution is 0.0960. The first kappa shape index (κ1) is 10.0. The van der Waals surface area contributed by atoms with Crippen LogP contribution in [-0.4, -0.2) is 17.1 Å². The molecule has 1 aliphatic rings. The second kappa shape index (κ2) is 3.93. The summed E-state index contributed by atoms with van der Waals surface area (Å²) < 4.78 is 5.52. The van der Waals surface area contributed by atoms with Crippen LogP contribution in [0.2, 0.25) is 10.0 Å². The van der Waals surface area contributed by atoms with Crippen molar-refractivity contribution in [3.63, 3.8) is 0 Å². The van der Waals surface area contributed by atoms with Crippen molar-refractivity contribution < 1.29 is 4.74 Å². The van der Waals surface area contributed by atoms with Crippen LogP contribution in [-0.2, 0) is 0 Å². The molecule has 1 heterocycles. The lowest BCUT2D eigenvalue weighted by Crippen LogP contribution is -2.43. The first-order valence-corrected chi connectivity index (χ1v) is 5.14. The average molecular weight is 233 g/mol. The van der Waals surface area contributed by atoms with Gasteiger partial charge >= 0.3 is 0 Å². The monoisotopic (exact) mass is 232 g/mol. The number of ether oxygens (including phenoxy) is 1. The topological polar surface area (TPSA) is 48.1 Å². The zero-order chi connectivity index (χ0) is 10.1. The third-order valence-corrected chi connectivity index (χ3v) is 2.66. The zero-order valence-corrected chi connectivity index (χ0v) is 8.92. The quantitative estimate of drug-likeness (QED) is 0.852. The van der Waals surface area contributed by atoms with Crippen molar-refractivity contribution in [2.24, 2.45) is 5.73 Å². The molecule has 1 saturated carbocycles. The fourth-order valence-corrected chi connectivity index (χ4v) is 1.77. The van der Waals surface area contributed by atoms with Gasteiger partial charge < -0.3 is 10.5 Å². The largest absolute Gasteiger partial charge is 0.473 e. The molecule has 0 aliphatic heterocycles. The second-order valence-electron chi connectivity index (χ2n) is 3.41. The molecule has 0 unspecified atom stereocenters. The van der Waals surface area contributed by atoms with Gasteiger partial charge in [-0.15, -0.1) is 0 Å². The first-order valence-electron chi connectivity index (χ1n) is 4.38. The molecule has 0 bridgehead atoms. The van der Waals surface area contributed by atoms with E-state index < -0.39 is 0 Å².